The minimum Gasteiger partial charge on any atom is -0.497 e. The largest absolute Gasteiger partial charge is 0.497 e. The van der Waals surface area contributed by atoms with E-state index in [2.05, 4.69) is 5.32 Å². The maximum absolute atomic E-state index is 13.0. The summed E-state index contributed by atoms with van der Waals surface area (Å²) in [6, 6.07) is 11.4. The molecule has 9 heteroatoms. The van der Waals surface area contributed by atoms with Crippen LogP contribution >= 0.6 is 0 Å². The highest BCUT2D eigenvalue weighted by Gasteiger charge is 2.27. The normalized spacial score (nSPS) is 14.6. The zero-order valence-electron chi connectivity index (χ0n) is 17.8. The molecule has 1 aliphatic heterocycles. The van der Waals surface area contributed by atoms with Crippen LogP contribution in [0.2, 0.25) is 0 Å². The second kappa shape index (κ2) is 10.5. The lowest BCUT2D eigenvalue weighted by atomic mass is 10.2. The molecule has 0 aliphatic carbocycles. The number of carbonyl (C=O) groups excluding carboxylic acids is 1. The Kier molecular flexibility index (Phi) is 7.75. The van der Waals surface area contributed by atoms with Gasteiger partial charge in [0.25, 0.3) is 5.91 Å². The van der Waals surface area contributed by atoms with Crippen LogP contribution in [0.4, 0.5) is 5.69 Å². The summed E-state index contributed by atoms with van der Waals surface area (Å²) >= 11 is 0. The molecule has 0 atom stereocenters. The molecule has 1 fully saturated rings. The van der Waals surface area contributed by atoms with Gasteiger partial charge in [0.05, 0.1) is 24.3 Å². The third kappa shape index (κ3) is 5.89. The van der Waals surface area contributed by atoms with Crippen molar-refractivity contribution in [2.45, 2.75) is 31.1 Å². The number of methoxy groups -OCH3 is 1. The van der Waals surface area contributed by atoms with Gasteiger partial charge in [-0.25, -0.2) is 8.42 Å². The second-order valence-electron chi connectivity index (χ2n) is 7.07. The predicted molar refractivity (Wildman–Crippen MR) is 117 cm³/mol. The third-order valence-corrected chi connectivity index (χ3v) is 6.80. The molecule has 2 aromatic rings. The molecule has 0 saturated carbocycles. The predicted octanol–water partition coefficient (Wildman–Crippen LogP) is 3.29. The van der Waals surface area contributed by atoms with Crippen LogP contribution in [0.3, 0.4) is 0 Å². The number of anilines is 1. The smallest absolute Gasteiger partial charge is 0.262 e. The molecule has 3 rings (SSSR count). The Morgan fingerprint density at radius 2 is 1.68 bits per heavy atom. The fraction of sp³-hybridized carbons (Fsp3) is 0.409. The van der Waals surface area contributed by atoms with Gasteiger partial charge in [-0.15, -0.1) is 0 Å². The van der Waals surface area contributed by atoms with Crippen LogP contribution in [0.5, 0.6) is 17.2 Å². The molecule has 0 aromatic heterocycles. The molecule has 0 bridgehead atoms. The number of nitrogens with one attached hydrogen (secondary N) is 1. The Bertz CT molecular complexity index is 986. The van der Waals surface area contributed by atoms with Crippen LogP contribution in [-0.2, 0) is 14.8 Å². The van der Waals surface area contributed by atoms with E-state index < -0.39 is 15.9 Å². The van der Waals surface area contributed by atoms with Crippen molar-refractivity contribution in [2.75, 3.05) is 38.7 Å². The molecule has 168 valence electrons. The number of amides is 1. The van der Waals surface area contributed by atoms with Gasteiger partial charge in [-0.2, -0.15) is 4.31 Å². The third-order valence-electron chi connectivity index (χ3n) is 4.91. The zero-order valence-corrected chi connectivity index (χ0v) is 18.6. The summed E-state index contributed by atoms with van der Waals surface area (Å²) in [5.41, 5.74) is 0.295. The van der Waals surface area contributed by atoms with E-state index in [0.717, 1.165) is 19.3 Å². The van der Waals surface area contributed by atoms with Gasteiger partial charge in [0, 0.05) is 13.1 Å². The number of hydrogen-bond acceptors (Lipinski definition) is 6. The lowest BCUT2D eigenvalue weighted by Gasteiger charge is -2.26. The van der Waals surface area contributed by atoms with Crippen LogP contribution in [0.25, 0.3) is 0 Å². The van der Waals surface area contributed by atoms with Crippen molar-refractivity contribution in [3.8, 4) is 17.2 Å². The van der Waals surface area contributed by atoms with E-state index >= 15 is 0 Å². The van der Waals surface area contributed by atoms with Crippen molar-refractivity contribution in [3.63, 3.8) is 0 Å². The van der Waals surface area contributed by atoms with Crippen molar-refractivity contribution >= 4 is 21.6 Å². The number of carbonyl (C=O) groups is 1. The van der Waals surface area contributed by atoms with Crippen LogP contribution in [0.15, 0.2) is 47.4 Å². The van der Waals surface area contributed by atoms with Crippen molar-refractivity contribution in [2.24, 2.45) is 0 Å². The summed E-state index contributed by atoms with van der Waals surface area (Å²) < 4.78 is 43.6. The summed E-state index contributed by atoms with van der Waals surface area (Å²) in [6.45, 7) is 2.97. The average molecular weight is 449 g/mol. The Morgan fingerprint density at radius 1 is 1.00 bits per heavy atom. The highest BCUT2D eigenvalue weighted by molar-refractivity contribution is 7.89. The molecule has 2 aromatic carbocycles. The summed E-state index contributed by atoms with van der Waals surface area (Å²) in [5.74, 6) is 1.18. The van der Waals surface area contributed by atoms with Crippen LogP contribution < -0.4 is 19.5 Å². The van der Waals surface area contributed by atoms with Crippen molar-refractivity contribution < 1.29 is 27.4 Å². The molecule has 0 radical (unpaired) electrons. The fourth-order valence-corrected chi connectivity index (χ4v) is 4.85. The van der Waals surface area contributed by atoms with Crippen LogP contribution in [0, 0.1) is 0 Å². The van der Waals surface area contributed by atoms with Gasteiger partial charge in [0.2, 0.25) is 10.0 Å². The molecule has 0 spiro atoms. The van der Waals surface area contributed by atoms with Crippen molar-refractivity contribution in [3.05, 3.63) is 42.5 Å². The van der Waals surface area contributed by atoms with Crippen LogP contribution in [-0.4, -0.2) is 52.0 Å². The first kappa shape index (κ1) is 22.9. The SMILES string of the molecule is CCOc1ccc(S(=O)(=O)N2CCCCC2)cc1NC(=O)COc1ccc(OC)cc1. The molecule has 1 saturated heterocycles. The number of rotatable bonds is 9. The Morgan fingerprint density at radius 3 is 2.32 bits per heavy atom. The zero-order chi connectivity index (χ0) is 22.3. The van der Waals surface area contributed by atoms with E-state index in [-0.39, 0.29) is 11.5 Å². The van der Waals surface area contributed by atoms with E-state index in [4.69, 9.17) is 14.2 Å². The first-order valence-corrected chi connectivity index (χ1v) is 11.7. The fourth-order valence-electron chi connectivity index (χ4n) is 3.31. The number of piperidine rings is 1. The van der Waals surface area contributed by atoms with Gasteiger partial charge in [0.1, 0.15) is 17.2 Å². The number of benzene rings is 2. The lowest BCUT2D eigenvalue weighted by Crippen LogP contribution is -2.35. The average Bonchev–Trinajstić information content (AvgIpc) is 2.80. The number of hydrogen-bond donors (Lipinski definition) is 1. The maximum Gasteiger partial charge on any atom is 0.262 e. The lowest BCUT2D eigenvalue weighted by molar-refractivity contribution is -0.118. The quantitative estimate of drug-likeness (QED) is 0.633. The van der Waals surface area contributed by atoms with Gasteiger partial charge in [0.15, 0.2) is 6.61 Å². The highest BCUT2D eigenvalue weighted by Crippen LogP contribution is 2.30. The number of sulfonamides is 1. The summed E-state index contributed by atoms with van der Waals surface area (Å²) in [4.78, 5) is 12.6. The van der Waals surface area contributed by atoms with E-state index in [1.54, 1.807) is 37.4 Å². The molecule has 1 aliphatic rings. The number of nitrogens with zero attached hydrogens (tertiary/aromatic N) is 1. The van der Waals surface area contributed by atoms with E-state index in [1.165, 1.54) is 16.4 Å². The van der Waals surface area contributed by atoms with E-state index in [9.17, 15) is 13.2 Å². The van der Waals surface area contributed by atoms with Crippen molar-refractivity contribution in [1.29, 1.82) is 0 Å². The molecule has 1 amide bonds. The highest BCUT2D eigenvalue weighted by atomic mass is 32.2. The first-order chi connectivity index (χ1) is 14.9. The van der Waals surface area contributed by atoms with Crippen molar-refractivity contribution in [1.82, 2.24) is 4.31 Å². The molecular weight excluding hydrogens is 420 g/mol. The van der Waals surface area contributed by atoms with Gasteiger partial charge < -0.3 is 19.5 Å². The molecule has 1 N–H and O–H groups in total. The molecule has 1 heterocycles. The molecular formula is C22H28N2O6S. The summed E-state index contributed by atoms with van der Waals surface area (Å²) in [7, 11) is -2.06. The Balaban J connectivity index is 1.73. The van der Waals surface area contributed by atoms with Gasteiger partial charge in [-0.05, 0) is 62.2 Å². The topological polar surface area (TPSA) is 94.2 Å². The Labute approximate surface area is 183 Å². The van der Waals surface area contributed by atoms with E-state index in [1.807, 2.05) is 6.92 Å². The van der Waals surface area contributed by atoms with E-state index in [0.29, 0.717) is 42.6 Å². The molecule has 0 unspecified atom stereocenters. The molecule has 8 nitrogen and oxygen atoms in total. The van der Waals surface area contributed by atoms with Crippen LogP contribution in [0.1, 0.15) is 26.2 Å². The van der Waals surface area contributed by atoms with Gasteiger partial charge in [-0.1, -0.05) is 6.42 Å². The van der Waals surface area contributed by atoms with Gasteiger partial charge in [-0.3, -0.25) is 4.79 Å². The standard InChI is InChI=1S/C22H28N2O6S/c1-3-29-21-12-11-19(31(26,27)24-13-5-4-6-14-24)15-20(21)23-22(25)16-30-18-9-7-17(28-2)8-10-18/h7-12,15H,3-6,13-14,16H2,1-2H3,(H,23,25). The Hall–Kier alpha value is -2.78. The monoisotopic (exact) mass is 448 g/mol. The molecule has 31 heavy (non-hydrogen) atoms. The van der Waals surface area contributed by atoms with Gasteiger partial charge >= 0.3 is 0 Å². The minimum atomic E-state index is -3.63. The maximum atomic E-state index is 13.0. The number of ether oxygens (including phenoxy) is 3. The second-order valence-corrected chi connectivity index (χ2v) is 9.01. The summed E-state index contributed by atoms with van der Waals surface area (Å²) in [5, 5.41) is 2.71. The summed E-state index contributed by atoms with van der Waals surface area (Å²) in [6.07, 6.45) is 2.73. The first-order valence-electron chi connectivity index (χ1n) is 10.3. The minimum absolute atomic E-state index is 0.129.